The number of tetrazole rings is 1. The molecular formula is C11H12N4O2. The number of aryl methyl sites for hydroxylation is 1. The second kappa shape index (κ2) is 4.73. The SMILES string of the molecule is Cc1cccc(Cc2nnnn2CC(=O)O)c1. The third-order valence-electron chi connectivity index (χ3n) is 2.34. The van der Waals surface area contributed by atoms with Gasteiger partial charge < -0.3 is 5.11 Å². The Morgan fingerprint density at radius 3 is 3.00 bits per heavy atom. The smallest absolute Gasteiger partial charge is 0.325 e. The van der Waals surface area contributed by atoms with Gasteiger partial charge in [-0.15, -0.1) is 5.10 Å². The number of hydrogen-bond acceptors (Lipinski definition) is 4. The lowest BCUT2D eigenvalue weighted by Crippen LogP contribution is -2.13. The minimum Gasteiger partial charge on any atom is -0.480 e. The second-order valence-electron chi connectivity index (χ2n) is 3.81. The van der Waals surface area contributed by atoms with Gasteiger partial charge in [-0.1, -0.05) is 29.8 Å². The van der Waals surface area contributed by atoms with Gasteiger partial charge in [-0.05, 0) is 22.9 Å². The zero-order valence-corrected chi connectivity index (χ0v) is 9.37. The lowest BCUT2D eigenvalue weighted by Gasteiger charge is -2.02. The molecule has 17 heavy (non-hydrogen) atoms. The van der Waals surface area contributed by atoms with E-state index >= 15 is 0 Å². The van der Waals surface area contributed by atoms with Crippen LogP contribution >= 0.6 is 0 Å². The minimum absolute atomic E-state index is 0.214. The Morgan fingerprint density at radius 2 is 2.29 bits per heavy atom. The van der Waals surface area contributed by atoms with E-state index in [2.05, 4.69) is 15.5 Å². The Labute approximate surface area is 97.9 Å². The number of carbonyl (C=O) groups is 1. The van der Waals surface area contributed by atoms with Crippen molar-refractivity contribution < 1.29 is 9.90 Å². The summed E-state index contributed by atoms with van der Waals surface area (Å²) in [5.41, 5.74) is 2.21. The Bertz CT molecular complexity index is 536. The van der Waals surface area contributed by atoms with Crippen LogP contribution in [0.1, 0.15) is 17.0 Å². The average molecular weight is 232 g/mol. The summed E-state index contributed by atoms with van der Waals surface area (Å²) >= 11 is 0. The van der Waals surface area contributed by atoms with Gasteiger partial charge in [0.15, 0.2) is 5.82 Å². The molecule has 1 heterocycles. The predicted octanol–water partition coefficient (Wildman–Crippen LogP) is 0.657. The van der Waals surface area contributed by atoms with Gasteiger partial charge >= 0.3 is 5.97 Å². The summed E-state index contributed by atoms with van der Waals surface area (Å²) in [6, 6.07) is 7.95. The zero-order valence-electron chi connectivity index (χ0n) is 9.37. The molecule has 0 fully saturated rings. The summed E-state index contributed by atoms with van der Waals surface area (Å²) in [6.07, 6.45) is 0.530. The van der Waals surface area contributed by atoms with E-state index in [-0.39, 0.29) is 6.54 Å². The number of rotatable bonds is 4. The molecule has 1 aromatic carbocycles. The van der Waals surface area contributed by atoms with Crippen molar-refractivity contribution in [2.75, 3.05) is 0 Å². The third-order valence-corrected chi connectivity index (χ3v) is 2.34. The average Bonchev–Trinajstić information content (AvgIpc) is 2.65. The maximum absolute atomic E-state index is 10.6. The Morgan fingerprint density at radius 1 is 1.47 bits per heavy atom. The van der Waals surface area contributed by atoms with Crippen LogP contribution in [0.2, 0.25) is 0 Å². The maximum Gasteiger partial charge on any atom is 0.325 e. The Balaban J connectivity index is 2.18. The number of carboxylic acid groups (broad SMARTS) is 1. The highest BCUT2D eigenvalue weighted by molar-refractivity contribution is 5.66. The van der Waals surface area contributed by atoms with Crippen LogP contribution < -0.4 is 0 Å². The van der Waals surface area contributed by atoms with Crippen molar-refractivity contribution in [1.29, 1.82) is 0 Å². The summed E-state index contributed by atoms with van der Waals surface area (Å²) < 4.78 is 1.30. The van der Waals surface area contributed by atoms with Gasteiger partial charge in [-0.25, -0.2) is 4.68 Å². The van der Waals surface area contributed by atoms with Crippen molar-refractivity contribution in [3.63, 3.8) is 0 Å². The molecule has 2 aromatic rings. The second-order valence-corrected chi connectivity index (χ2v) is 3.81. The molecule has 0 atom stereocenters. The molecule has 0 amide bonds. The topological polar surface area (TPSA) is 80.9 Å². The summed E-state index contributed by atoms with van der Waals surface area (Å²) in [5.74, 6) is -0.402. The molecule has 0 spiro atoms. The number of benzene rings is 1. The van der Waals surface area contributed by atoms with Gasteiger partial charge in [-0.2, -0.15) is 0 Å². The number of aliphatic carboxylic acids is 1. The summed E-state index contributed by atoms with van der Waals surface area (Å²) in [5, 5.41) is 19.7. The van der Waals surface area contributed by atoms with E-state index in [1.54, 1.807) is 0 Å². The molecule has 0 saturated heterocycles. The van der Waals surface area contributed by atoms with Crippen molar-refractivity contribution in [2.45, 2.75) is 19.9 Å². The molecule has 2 rings (SSSR count). The number of hydrogen-bond donors (Lipinski definition) is 1. The highest BCUT2D eigenvalue weighted by atomic mass is 16.4. The number of carboxylic acids is 1. The van der Waals surface area contributed by atoms with Crippen molar-refractivity contribution >= 4 is 5.97 Å². The first-order valence-electron chi connectivity index (χ1n) is 5.17. The van der Waals surface area contributed by atoms with Gasteiger partial charge in [-0.3, -0.25) is 4.79 Å². The highest BCUT2D eigenvalue weighted by Crippen LogP contribution is 2.08. The largest absolute Gasteiger partial charge is 0.480 e. The van der Waals surface area contributed by atoms with Crippen LogP contribution in [0.4, 0.5) is 0 Å². The van der Waals surface area contributed by atoms with Gasteiger partial charge in [0.1, 0.15) is 6.54 Å². The predicted molar refractivity (Wildman–Crippen MR) is 59.4 cm³/mol. The van der Waals surface area contributed by atoms with Crippen LogP contribution in [-0.2, 0) is 17.8 Å². The van der Waals surface area contributed by atoms with Gasteiger partial charge in [0.2, 0.25) is 0 Å². The molecule has 0 radical (unpaired) electrons. The van der Waals surface area contributed by atoms with E-state index in [0.717, 1.165) is 11.1 Å². The van der Waals surface area contributed by atoms with E-state index in [1.165, 1.54) is 4.68 Å². The first kappa shape index (κ1) is 11.3. The van der Waals surface area contributed by atoms with Crippen LogP contribution in [0.25, 0.3) is 0 Å². The summed E-state index contributed by atoms with van der Waals surface area (Å²) in [7, 11) is 0. The van der Waals surface area contributed by atoms with Crippen LogP contribution in [0.3, 0.4) is 0 Å². The molecule has 6 nitrogen and oxygen atoms in total. The van der Waals surface area contributed by atoms with Gasteiger partial charge in [0, 0.05) is 6.42 Å². The van der Waals surface area contributed by atoms with E-state index in [0.29, 0.717) is 12.2 Å². The van der Waals surface area contributed by atoms with Crippen molar-refractivity contribution in [3.8, 4) is 0 Å². The lowest BCUT2D eigenvalue weighted by atomic mass is 10.1. The Kier molecular flexibility index (Phi) is 3.13. The summed E-state index contributed by atoms with van der Waals surface area (Å²) in [6.45, 7) is 1.79. The van der Waals surface area contributed by atoms with E-state index in [4.69, 9.17) is 5.11 Å². The molecule has 0 aliphatic heterocycles. The number of nitrogens with zero attached hydrogens (tertiary/aromatic N) is 4. The van der Waals surface area contributed by atoms with E-state index < -0.39 is 5.97 Å². The van der Waals surface area contributed by atoms with Gasteiger partial charge in [0.25, 0.3) is 0 Å². The Hall–Kier alpha value is -2.24. The van der Waals surface area contributed by atoms with Crippen LogP contribution in [-0.4, -0.2) is 31.3 Å². The van der Waals surface area contributed by atoms with Crippen LogP contribution in [0.15, 0.2) is 24.3 Å². The molecule has 1 aromatic heterocycles. The summed E-state index contributed by atoms with van der Waals surface area (Å²) in [4.78, 5) is 10.6. The van der Waals surface area contributed by atoms with E-state index in [1.807, 2.05) is 31.2 Å². The molecule has 0 saturated carbocycles. The maximum atomic E-state index is 10.6. The molecule has 0 bridgehead atoms. The van der Waals surface area contributed by atoms with E-state index in [9.17, 15) is 4.79 Å². The first-order chi connectivity index (χ1) is 8.15. The van der Waals surface area contributed by atoms with Crippen LogP contribution in [0.5, 0.6) is 0 Å². The van der Waals surface area contributed by atoms with Crippen molar-refractivity contribution in [1.82, 2.24) is 20.2 Å². The lowest BCUT2D eigenvalue weighted by molar-refractivity contribution is -0.138. The van der Waals surface area contributed by atoms with Crippen LogP contribution in [0, 0.1) is 6.92 Å². The molecule has 0 unspecified atom stereocenters. The molecule has 1 N–H and O–H groups in total. The molecule has 0 aliphatic carbocycles. The molecule has 0 aliphatic rings. The highest BCUT2D eigenvalue weighted by Gasteiger charge is 2.09. The fourth-order valence-electron chi connectivity index (χ4n) is 1.61. The first-order valence-corrected chi connectivity index (χ1v) is 5.17. The van der Waals surface area contributed by atoms with Gasteiger partial charge in [0.05, 0.1) is 0 Å². The quantitative estimate of drug-likeness (QED) is 0.837. The fourth-order valence-corrected chi connectivity index (χ4v) is 1.61. The van der Waals surface area contributed by atoms with Crippen molar-refractivity contribution in [3.05, 3.63) is 41.2 Å². The fraction of sp³-hybridized carbons (Fsp3) is 0.273. The third kappa shape index (κ3) is 2.87. The van der Waals surface area contributed by atoms with Crippen molar-refractivity contribution in [2.24, 2.45) is 0 Å². The standard InChI is InChI=1S/C11H12N4O2/c1-8-3-2-4-9(5-8)6-10-12-13-14-15(10)7-11(16)17/h2-5H,6-7H2,1H3,(H,16,17). The normalized spacial score (nSPS) is 10.4. The zero-order chi connectivity index (χ0) is 12.3. The molecular weight excluding hydrogens is 220 g/mol. The molecule has 88 valence electrons. The molecule has 6 heteroatoms. The monoisotopic (exact) mass is 232 g/mol. The number of aromatic nitrogens is 4. The minimum atomic E-state index is -0.956.